The molecule has 0 amide bonds. The summed E-state index contributed by atoms with van der Waals surface area (Å²) in [6, 6.07) is 14.3. The maximum atomic E-state index is 11.9. The predicted molar refractivity (Wildman–Crippen MR) is 104 cm³/mol. The van der Waals surface area contributed by atoms with Gasteiger partial charge in [0.25, 0.3) is 0 Å². The number of hydrogen-bond acceptors (Lipinski definition) is 8. The number of anilines is 5. The van der Waals surface area contributed by atoms with Gasteiger partial charge in [-0.05, 0) is 24.3 Å². The number of esters is 1. The van der Waals surface area contributed by atoms with Crippen molar-refractivity contribution in [2.45, 2.75) is 0 Å². The van der Waals surface area contributed by atoms with E-state index in [1.165, 1.54) is 13.4 Å². The smallest absolute Gasteiger partial charge is 0.339 e. The molecule has 0 spiro atoms. The van der Waals surface area contributed by atoms with Crippen LogP contribution in [0, 0.1) is 0 Å². The summed E-state index contributed by atoms with van der Waals surface area (Å²) in [6.45, 7) is 0. The minimum Gasteiger partial charge on any atom is -0.495 e. The highest BCUT2D eigenvalue weighted by molar-refractivity contribution is 5.97. The van der Waals surface area contributed by atoms with Crippen molar-refractivity contribution in [1.82, 2.24) is 9.97 Å². The van der Waals surface area contributed by atoms with Crippen LogP contribution >= 0.6 is 0 Å². The van der Waals surface area contributed by atoms with Crippen molar-refractivity contribution in [3.63, 3.8) is 0 Å². The van der Waals surface area contributed by atoms with Crippen LogP contribution in [0.15, 0.2) is 54.9 Å². The molecule has 0 aliphatic carbocycles. The van der Waals surface area contributed by atoms with Crippen molar-refractivity contribution in [2.75, 3.05) is 30.6 Å². The summed E-state index contributed by atoms with van der Waals surface area (Å²) in [5.74, 6) is 0.963. The number of carbonyl (C=O) groups is 1. The summed E-state index contributed by atoms with van der Waals surface area (Å²) in [5.41, 5.74) is 8.13. The lowest BCUT2D eigenvalue weighted by Gasteiger charge is -2.15. The van der Waals surface area contributed by atoms with Gasteiger partial charge in [0.15, 0.2) is 11.6 Å². The monoisotopic (exact) mass is 365 g/mol. The standard InChI is InChI=1S/C19H19N5O3/c1-26-15-10-6-5-9-14(15)24-18-16(20)17(21-11-22-18)23-13-8-4-3-7-12(13)19(25)27-2/h3-11H,20H2,1-2H3,(H2,21,22,23,24). The van der Waals surface area contributed by atoms with Gasteiger partial charge >= 0.3 is 5.97 Å². The number of methoxy groups -OCH3 is 2. The third kappa shape index (κ3) is 3.90. The molecular weight excluding hydrogens is 346 g/mol. The molecule has 8 nitrogen and oxygen atoms in total. The molecule has 0 saturated heterocycles. The van der Waals surface area contributed by atoms with Crippen molar-refractivity contribution in [3.8, 4) is 5.75 Å². The number of benzene rings is 2. The number of para-hydroxylation sites is 3. The zero-order chi connectivity index (χ0) is 19.2. The highest BCUT2D eigenvalue weighted by atomic mass is 16.5. The highest BCUT2D eigenvalue weighted by Gasteiger charge is 2.15. The van der Waals surface area contributed by atoms with Crippen molar-refractivity contribution < 1.29 is 14.3 Å². The molecular formula is C19H19N5O3. The molecule has 27 heavy (non-hydrogen) atoms. The van der Waals surface area contributed by atoms with E-state index in [4.69, 9.17) is 15.2 Å². The average molecular weight is 365 g/mol. The molecule has 0 aliphatic rings. The Balaban J connectivity index is 1.91. The van der Waals surface area contributed by atoms with E-state index in [9.17, 15) is 4.79 Å². The number of carbonyl (C=O) groups excluding carboxylic acids is 1. The molecule has 2 aromatic carbocycles. The lowest BCUT2D eigenvalue weighted by Crippen LogP contribution is -2.09. The van der Waals surface area contributed by atoms with Gasteiger partial charge in [0.05, 0.1) is 31.2 Å². The van der Waals surface area contributed by atoms with Gasteiger partial charge in [-0.25, -0.2) is 14.8 Å². The molecule has 3 aromatic rings. The van der Waals surface area contributed by atoms with Gasteiger partial charge in [-0.3, -0.25) is 0 Å². The van der Waals surface area contributed by atoms with E-state index in [0.717, 1.165) is 0 Å². The number of nitrogens with one attached hydrogen (secondary N) is 2. The van der Waals surface area contributed by atoms with E-state index >= 15 is 0 Å². The summed E-state index contributed by atoms with van der Waals surface area (Å²) < 4.78 is 10.1. The summed E-state index contributed by atoms with van der Waals surface area (Å²) in [5, 5.41) is 6.20. The number of nitrogens with zero attached hydrogens (tertiary/aromatic N) is 2. The van der Waals surface area contributed by atoms with E-state index in [0.29, 0.717) is 40.0 Å². The normalized spacial score (nSPS) is 10.1. The summed E-state index contributed by atoms with van der Waals surface area (Å²) in [4.78, 5) is 20.3. The van der Waals surface area contributed by atoms with Crippen LogP contribution < -0.4 is 21.1 Å². The molecule has 1 aromatic heterocycles. The molecule has 138 valence electrons. The van der Waals surface area contributed by atoms with E-state index in [2.05, 4.69) is 20.6 Å². The topological polar surface area (TPSA) is 111 Å². The number of rotatable bonds is 6. The molecule has 0 bridgehead atoms. The quantitative estimate of drug-likeness (QED) is 0.570. The Morgan fingerprint density at radius 3 is 2.19 bits per heavy atom. The Hall–Kier alpha value is -3.81. The summed E-state index contributed by atoms with van der Waals surface area (Å²) in [7, 11) is 2.91. The lowest BCUT2D eigenvalue weighted by atomic mass is 10.2. The first kappa shape index (κ1) is 18.0. The second-order valence-corrected chi connectivity index (χ2v) is 5.47. The Morgan fingerprint density at radius 2 is 1.52 bits per heavy atom. The fraction of sp³-hybridized carbons (Fsp3) is 0.105. The Kier molecular flexibility index (Phi) is 5.36. The fourth-order valence-electron chi connectivity index (χ4n) is 2.48. The summed E-state index contributed by atoms with van der Waals surface area (Å²) >= 11 is 0. The van der Waals surface area contributed by atoms with Crippen LogP contribution in [0.2, 0.25) is 0 Å². The van der Waals surface area contributed by atoms with Crippen LogP contribution in [0.3, 0.4) is 0 Å². The number of nitrogens with two attached hydrogens (primary N) is 1. The van der Waals surface area contributed by atoms with Gasteiger partial charge in [-0.1, -0.05) is 24.3 Å². The molecule has 8 heteroatoms. The van der Waals surface area contributed by atoms with Gasteiger partial charge in [-0.2, -0.15) is 0 Å². The fourth-order valence-corrected chi connectivity index (χ4v) is 2.48. The first-order valence-electron chi connectivity index (χ1n) is 8.09. The second kappa shape index (κ2) is 8.05. The van der Waals surface area contributed by atoms with E-state index < -0.39 is 5.97 Å². The van der Waals surface area contributed by atoms with E-state index in [1.54, 1.807) is 31.4 Å². The molecule has 0 unspecified atom stereocenters. The van der Waals surface area contributed by atoms with E-state index in [1.807, 2.05) is 24.3 Å². The predicted octanol–water partition coefficient (Wildman–Crippen LogP) is 3.34. The first-order valence-corrected chi connectivity index (χ1v) is 8.09. The second-order valence-electron chi connectivity index (χ2n) is 5.47. The molecule has 0 aliphatic heterocycles. The number of ether oxygens (including phenoxy) is 2. The van der Waals surface area contributed by atoms with Crippen LogP contribution in [0.5, 0.6) is 5.75 Å². The molecule has 0 radical (unpaired) electrons. The van der Waals surface area contributed by atoms with Gasteiger partial charge in [0, 0.05) is 0 Å². The minimum absolute atomic E-state index is 0.295. The molecule has 4 N–H and O–H groups in total. The largest absolute Gasteiger partial charge is 0.495 e. The van der Waals surface area contributed by atoms with Crippen LogP contribution in [0.1, 0.15) is 10.4 Å². The van der Waals surface area contributed by atoms with Crippen LogP contribution in [0.4, 0.5) is 28.7 Å². The Morgan fingerprint density at radius 1 is 0.926 bits per heavy atom. The Labute approximate surface area is 156 Å². The maximum absolute atomic E-state index is 11.9. The summed E-state index contributed by atoms with van der Waals surface area (Å²) in [6.07, 6.45) is 1.37. The molecule has 0 saturated carbocycles. The molecule has 0 atom stereocenters. The maximum Gasteiger partial charge on any atom is 0.339 e. The van der Waals surface area contributed by atoms with Crippen molar-refractivity contribution in [1.29, 1.82) is 0 Å². The van der Waals surface area contributed by atoms with Crippen molar-refractivity contribution in [2.24, 2.45) is 0 Å². The van der Waals surface area contributed by atoms with E-state index in [-0.39, 0.29) is 0 Å². The molecule has 0 fully saturated rings. The van der Waals surface area contributed by atoms with Crippen LogP contribution in [-0.4, -0.2) is 30.2 Å². The van der Waals surface area contributed by atoms with Gasteiger partial charge in [-0.15, -0.1) is 0 Å². The van der Waals surface area contributed by atoms with Crippen LogP contribution in [0.25, 0.3) is 0 Å². The third-order valence-corrected chi connectivity index (χ3v) is 3.83. The van der Waals surface area contributed by atoms with Crippen molar-refractivity contribution >= 4 is 34.7 Å². The molecule has 1 heterocycles. The van der Waals surface area contributed by atoms with Crippen molar-refractivity contribution in [3.05, 3.63) is 60.4 Å². The minimum atomic E-state index is -0.460. The average Bonchev–Trinajstić information content (AvgIpc) is 2.71. The zero-order valence-corrected chi connectivity index (χ0v) is 14.9. The van der Waals surface area contributed by atoms with Gasteiger partial charge < -0.3 is 25.8 Å². The van der Waals surface area contributed by atoms with Crippen LogP contribution in [-0.2, 0) is 4.74 Å². The Bertz CT molecular complexity index is 962. The van der Waals surface area contributed by atoms with Gasteiger partial charge in [0.1, 0.15) is 17.8 Å². The zero-order valence-electron chi connectivity index (χ0n) is 14.9. The van der Waals surface area contributed by atoms with Gasteiger partial charge in [0.2, 0.25) is 0 Å². The SMILES string of the molecule is COC(=O)c1ccccc1Nc1ncnc(Nc2ccccc2OC)c1N. The number of aromatic nitrogens is 2. The number of hydrogen-bond donors (Lipinski definition) is 3. The molecule has 3 rings (SSSR count). The number of nitrogen functional groups attached to an aromatic ring is 1. The lowest BCUT2D eigenvalue weighted by molar-refractivity contribution is 0.0602. The third-order valence-electron chi connectivity index (χ3n) is 3.83. The highest BCUT2D eigenvalue weighted by Crippen LogP contribution is 2.32. The first-order chi connectivity index (χ1) is 13.1.